The van der Waals surface area contributed by atoms with Crippen LogP contribution in [-0.2, 0) is 10.8 Å². The summed E-state index contributed by atoms with van der Waals surface area (Å²) in [6, 6.07) is 83.1. The van der Waals surface area contributed by atoms with Gasteiger partial charge < -0.3 is 0 Å². The third kappa shape index (κ3) is 5.15. The Morgan fingerprint density at radius 3 is 1.06 bits per heavy atom. The largest absolute Gasteiger partial charge is 0.0622 e. The molecule has 4 aliphatic carbocycles. The highest BCUT2D eigenvalue weighted by molar-refractivity contribution is 6.40. The second-order valence-electron chi connectivity index (χ2n) is 21.0. The molecule has 0 saturated heterocycles. The summed E-state index contributed by atoms with van der Waals surface area (Å²) in [7, 11) is 0. The van der Waals surface area contributed by atoms with Gasteiger partial charge in [0.2, 0.25) is 0 Å². The van der Waals surface area contributed by atoms with Gasteiger partial charge in [-0.15, -0.1) is 0 Å². The second kappa shape index (κ2) is 14.1. The van der Waals surface area contributed by atoms with Crippen molar-refractivity contribution >= 4 is 71.0 Å². The molecular weight excluding hydrogens is 841 g/mol. The molecule has 0 heteroatoms. The molecule has 4 aliphatic rings. The first-order valence-corrected chi connectivity index (χ1v) is 24.9. The van der Waals surface area contributed by atoms with E-state index in [-0.39, 0.29) is 10.8 Å². The van der Waals surface area contributed by atoms with Crippen LogP contribution in [0.4, 0.5) is 0 Å². The summed E-state index contributed by atoms with van der Waals surface area (Å²) < 4.78 is 0. The lowest BCUT2D eigenvalue weighted by Gasteiger charge is -2.28. The average Bonchev–Trinajstić information content (AvgIpc) is 4.07. The van der Waals surface area contributed by atoms with Crippen molar-refractivity contribution in [3.63, 3.8) is 0 Å². The van der Waals surface area contributed by atoms with Crippen LogP contribution in [-0.4, -0.2) is 0 Å². The minimum absolute atomic E-state index is 0.238. The van der Waals surface area contributed by atoms with Crippen LogP contribution in [0, 0.1) is 0 Å². The Morgan fingerprint density at radius 1 is 0.229 bits per heavy atom. The van der Waals surface area contributed by atoms with Gasteiger partial charge in [-0.2, -0.15) is 0 Å². The highest BCUT2D eigenvalue weighted by Gasteiger charge is 2.46. The molecule has 0 spiro atoms. The Kier molecular flexibility index (Phi) is 8.00. The van der Waals surface area contributed by atoms with Crippen molar-refractivity contribution in [2.24, 2.45) is 0 Å². The molecule has 15 rings (SSSR count). The normalized spacial score (nSPS) is 15.8. The maximum absolute atomic E-state index is 2.55. The van der Waals surface area contributed by atoms with Crippen molar-refractivity contribution in [1.29, 1.82) is 0 Å². The number of fused-ring (bicyclic) bond motifs is 16. The zero-order chi connectivity index (χ0) is 46.6. The van der Waals surface area contributed by atoms with E-state index in [1.807, 2.05) is 0 Å². The lowest BCUT2D eigenvalue weighted by atomic mass is 9.74. The minimum atomic E-state index is -0.246. The molecule has 0 saturated carbocycles. The summed E-state index contributed by atoms with van der Waals surface area (Å²) in [6.45, 7) is 9.78. The second-order valence-corrected chi connectivity index (χ2v) is 21.0. The predicted molar refractivity (Wildman–Crippen MR) is 297 cm³/mol. The Bertz CT molecular complexity index is 4240. The lowest BCUT2D eigenvalue weighted by molar-refractivity contribution is 0.658. The van der Waals surface area contributed by atoms with Gasteiger partial charge in [0.1, 0.15) is 0 Å². The third-order valence-corrected chi connectivity index (χ3v) is 16.7. The van der Waals surface area contributed by atoms with Crippen LogP contribution in [0.5, 0.6) is 0 Å². The predicted octanol–water partition coefficient (Wildman–Crippen LogP) is 18.3. The Labute approximate surface area is 409 Å². The topological polar surface area (TPSA) is 0 Å². The van der Waals surface area contributed by atoms with Crippen molar-refractivity contribution in [3.8, 4) is 22.3 Å². The van der Waals surface area contributed by atoms with Crippen LogP contribution in [0.25, 0.3) is 93.2 Å². The van der Waals surface area contributed by atoms with Gasteiger partial charge in [0, 0.05) is 10.8 Å². The van der Waals surface area contributed by atoms with Crippen LogP contribution in [0.15, 0.2) is 224 Å². The van der Waals surface area contributed by atoms with E-state index in [1.165, 1.54) is 154 Å². The summed E-state index contributed by atoms with van der Waals surface area (Å²) in [5, 5.41) is 10.3. The molecule has 11 aromatic rings. The van der Waals surface area contributed by atoms with Gasteiger partial charge in [-0.3, -0.25) is 0 Å². The zero-order valence-electron chi connectivity index (χ0n) is 39.8. The van der Waals surface area contributed by atoms with Crippen molar-refractivity contribution in [2.75, 3.05) is 0 Å². The first-order valence-electron chi connectivity index (χ1n) is 24.9. The van der Waals surface area contributed by atoms with Crippen LogP contribution in [0.1, 0.15) is 83.3 Å². The third-order valence-electron chi connectivity index (χ3n) is 16.7. The Morgan fingerprint density at radius 2 is 0.571 bits per heavy atom. The molecule has 0 aliphatic heterocycles. The van der Waals surface area contributed by atoms with Gasteiger partial charge in [-0.1, -0.05) is 222 Å². The first kappa shape index (κ1) is 39.7. The average molecular weight is 889 g/mol. The molecule has 0 radical (unpaired) electrons. The Hall–Kier alpha value is -8.32. The van der Waals surface area contributed by atoms with Crippen molar-refractivity contribution in [2.45, 2.75) is 38.5 Å². The van der Waals surface area contributed by atoms with Gasteiger partial charge in [0.25, 0.3) is 0 Å². The van der Waals surface area contributed by atoms with Crippen molar-refractivity contribution in [3.05, 3.63) is 280 Å². The van der Waals surface area contributed by atoms with E-state index < -0.39 is 0 Å². The standard InChI is InChI=1S/C70H48/c1-69(2)59-35-17-15-29-49(59)51-31-19-33-53(67(51)69)63-62(42-23-9-6-10-24-42)65-58-40-44-38-56-48-28-14-12-26-46(48)45-25-11-13-27-47(45)55(56)37-43(44)39-57(58)61(41-21-7-5-8-22-41)66(65)64(63)54-34-20-32-52-50-30-16-18-36-60(50)70(3,4)68(52)54/h5-40H,1-4H3. The summed E-state index contributed by atoms with van der Waals surface area (Å²) in [5.41, 5.74) is 26.0. The highest BCUT2D eigenvalue weighted by Crippen LogP contribution is 2.66. The highest BCUT2D eigenvalue weighted by atomic mass is 14.5. The summed E-state index contributed by atoms with van der Waals surface area (Å²) in [4.78, 5) is 0. The first-order chi connectivity index (χ1) is 34.3. The fraction of sp³-hybridized carbons (Fsp3) is 0.0857. The van der Waals surface area contributed by atoms with E-state index in [2.05, 4.69) is 246 Å². The molecule has 70 heavy (non-hydrogen) atoms. The number of hydrogen-bond donors (Lipinski definition) is 0. The molecule has 0 unspecified atom stereocenters. The van der Waals surface area contributed by atoms with Gasteiger partial charge >= 0.3 is 0 Å². The fourth-order valence-corrected chi connectivity index (χ4v) is 13.8. The number of rotatable bonds is 4. The molecule has 328 valence electrons. The van der Waals surface area contributed by atoms with Crippen LogP contribution in [0.2, 0.25) is 0 Å². The van der Waals surface area contributed by atoms with E-state index in [1.54, 1.807) is 0 Å². The molecule has 0 aromatic heterocycles. The van der Waals surface area contributed by atoms with Crippen LogP contribution in [0.3, 0.4) is 0 Å². The summed E-state index contributed by atoms with van der Waals surface area (Å²) >= 11 is 0. The molecule has 0 fully saturated rings. The van der Waals surface area contributed by atoms with Gasteiger partial charge in [-0.25, -0.2) is 0 Å². The SMILES string of the molecule is CC1(C)c2ccccc2-c2cccc(C3=C(c4cccc5c4C(C)(C)c4ccccc4-5)C(c4ccccc4)=C4C3=C(c3ccccc3)c3cc5cc6c7ccccc7c7ccccc7c6cc5cc34)c21. The zero-order valence-corrected chi connectivity index (χ0v) is 39.8. The molecule has 0 nitrogen and oxygen atoms in total. The maximum Gasteiger partial charge on any atom is 0.0165 e. The van der Waals surface area contributed by atoms with E-state index in [0.717, 1.165) is 0 Å². The molecule has 0 heterocycles. The fourth-order valence-electron chi connectivity index (χ4n) is 13.8. The van der Waals surface area contributed by atoms with Crippen molar-refractivity contribution in [1.82, 2.24) is 0 Å². The number of benzene rings is 11. The minimum Gasteiger partial charge on any atom is -0.0622 e. The van der Waals surface area contributed by atoms with Crippen molar-refractivity contribution < 1.29 is 0 Å². The number of allylic oxidation sites excluding steroid dienone is 5. The molecule has 11 aromatic carbocycles. The van der Waals surface area contributed by atoms with Crippen LogP contribution < -0.4 is 0 Å². The molecule has 0 atom stereocenters. The Balaban J connectivity index is 1.13. The van der Waals surface area contributed by atoms with E-state index in [0.29, 0.717) is 0 Å². The van der Waals surface area contributed by atoms with E-state index in [4.69, 9.17) is 0 Å². The lowest BCUT2D eigenvalue weighted by Crippen LogP contribution is -2.18. The smallest absolute Gasteiger partial charge is 0.0165 e. The maximum atomic E-state index is 2.55. The molecular formula is C70H48. The van der Waals surface area contributed by atoms with E-state index in [9.17, 15) is 0 Å². The van der Waals surface area contributed by atoms with E-state index >= 15 is 0 Å². The summed E-state index contributed by atoms with van der Waals surface area (Å²) in [6.07, 6.45) is 0. The molecule has 0 bridgehead atoms. The quantitative estimate of drug-likeness (QED) is 0.122. The molecule has 0 amide bonds. The monoisotopic (exact) mass is 888 g/mol. The van der Waals surface area contributed by atoms with Crippen LogP contribution >= 0.6 is 0 Å². The summed E-state index contributed by atoms with van der Waals surface area (Å²) in [5.74, 6) is 0. The van der Waals surface area contributed by atoms with Gasteiger partial charge in [-0.05, 0) is 179 Å². The van der Waals surface area contributed by atoms with Gasteiger partial charge in [0.15, 0.2) is 0 Å². The number of hydrogen-bond acceptors (Lipinski definition) is 0. The molecule has 0 N–H and O–H groups in total. The van der Waals surface area contributed by atoms with Gasteiger partial charge in [0.05, 0.1) is 0 Å².